The highest BCUT2D eigenvalue weighted by atomic mass is 32.2. The average molecular weight is 415 g/mol. The van der Waals surface area contributed by atoms with E-state index >= 15 is 0 Å². The van der Waals surface area contributed by atoms with Gasteiger partial charge in [0.1, 0.15) is 0 Å². The average Bonchev–Trinajstić information content (AvgIpc) is 2.76. The quantitative estimate of drug-likeness (QED) is 0.808. The van der Waals surface area contributed by atoms with Gasteiger partial charge in [-0.25, -0.2) is 4.79 Å². The van der Waals surface area contributed by atoms with Gasteiger partial charge in [0.2, 0.25) is 0 Å². The summed E-state index contributed by atoms with van der Waals surface area (Å²) in [5.41, 5.74) is 3.46. The number of nitrogens with zero attached hydrogens (tertiary/aromatic N) is 3. The normalized spacial score (nSPS) is 18.8. The summed E-state index contributed by atoms with van der Waals surface area (Å²) >= 11 is 4.01. The lowest BCUT2D eigenvalue weighted by molar-refractivity contribution is 0.143. The van der Waals surface area contributed by atoms with Gasteiger partial charge in [-0.1, -0.05) is 12.1 Å². The molecule has 2 aliphatic heterocycles. The second-order valence-corrected chi connectivity index (χ2v) is 9.83. The summed E-state index contributed by atoms with van der Waals surface area (Å²) in [5.74, 6) is 2.44. The van der Waals surface area contributed by atoms with Crippen LogP contribution in [-0.4, -0.2) is 58.5 Å². The van der Waals surface area contributed by atoms with Crippen molar-refractivity contribution >= 4 is 35.2 Å². The number of carbonyl (C=O) groups excluding carboxylic acids is 1. The fourth-order valence-electron chi connectivity index (χ4n) is 3.50. The summed E-state index contributed by atoms with van der Waals surface area (Å²) in [7, 11) is 0. The van der Waals surface area contributed by atoms with Crippen LogP contribution in [0.1, 0.15) is 22.1 Å². The van der Waals surface area contributed by atoms with Gasteiger partial charge in [-0.2, -0.15) is 0 Å². The van der Waals surface area contributed by atoms with Crippen LogP contribution in [0, 0.1) is 0 Å². The molecule has 0 saturated carbocycles. The minimum atomic E-state index is 0.00432. The van der Waals surface area contributed by atoms with Gasteiger partial charge in [-0.15, -0.1) is 23.5 Å². The predicted octanol–water partition coefficient (Wildman–Crippen LogP) is 4.30. The number of hydrogen-bond acceptors (Lipinski definition) is 5. The van der Waals surface area contributed by atoms with E-state index < -0.39 is 0 Å². The molecule has 2 amide bonds. The number of benzene rings is 1. The molecule has 0 aliphatic carbocycles. The van der Waals surface area contributed by atoms with Gasteiger partial charge in [-0.3, -0.25) is 9.88 Å². The van der Waals surface area contributed by atoms with E-state index in [2.05, 4.69) is 39.5 Å². The Bertz CT molecular complexity index is 775. The first-order chi connectivity index (χ1) is 13.8. The zero-order valence-electron chi connectivity index (χ0n) is 15.9. The molecule has 1 N–H and O–H groups in total. The van der Waals surface area contributed by atoms with Crippen molar-refractivity contribution in [1.82, 2.24) is 14.8 Å². The van der Waals surface area contributed by atoms with Gasteiger partial charge in [0, 0.05) is 50.8 Å². The summed E-state index contributed by atoms with van der Waals surface area (Å²) in [5, 5.41) is 3.10. The Morgan fingerprint density at radius 1 is 1.07 bits per heavy atom. The van der Waals surface area contributed by atoms with Crippen LogP contribution < -0.4 is 5.32 Å². The number of urea groups is 1. The number of pyridine rings is 1. The first kappa shape index (κ1) is 19.6. The van der Waals surface area contributed by atoms with Gasteiger partial charge < -0.3 is 10.2 Å². The molecule has 28 heavy (non-hydrogen) atoms. The molecule has 2 saturated heterocycles. The lowest BCUT2D eigenvalue weighted by atomic mass is 10.2. The molecule has 2 fully saturated rings. The molecule has 0 unspecified atom stereocenters. The molecule has 0 atom stereocenters. The monoisotopic (exact) mass is 414 g/mol. The van der Waals surface area contributed by atoms with E-state index in [9.17, 15) is 4.79 Å². The van der Waals surface area contributed by atoms with E-state index in [0.29, 0.717) is 4.58 Å². The number of piperazine rings is 1. The zero-order valence-corrected chi connectivity index (χ0v) is 17.6. The maximum Gasteiger partial charge on any atom is 0.321 e. The van der Waals surface area contributed by atoms with Gasteiger partial charge in [0.25, 0.3) is 0 Å². The van der Waals surface area contributed by atoms with Crippen LogP contribution >= 0.6 is 23.5 Å². The Hall–Kier alpha value is -1.70. The number of anilines is 1. The summed E-state index contributed by atoms with van der Waals surface area (Å²) in [6.07, 6.45) is 4.95. The van der Waals surface area contributed by atoms with Crippen LogP contribution in [0.2, 0.25) is 0 Å². The molecule has 3 heterocycles. The molecule has 1 aromatic heterocycles. The molecular formula is C21H26N4OS2. The lowest BCUT2D eigenvalue weighted by Gasteiger charge is -2.34. The van der Waals surface area contributed by atoms with Crippen molar-refractivity contribution in [3.8, 4) is 0 Å². The van der Waals surface area contributed by atoms with Crippen LogP contribution in [0.25, 0.3) is 0 Å². The first-order valence-electron chi connectivity index (χ1n) is 9.78. The molecular weight excluding hydrogens is 388 g/mol. The van der Waals surface area contributed by atoms with Crippen LogP contribution in [0.3, 0.4) is 0 Å². The maximum atomic E-state index is 12.7. The molecule has 2 aliphatic rings. The Morgan fingerprint density at radius 2 is 1.82 bits per heavy atom. The van der Waals surface area contributed by atoms with Crippen LogP contribution in [0.15, 0.2) is 48.8 Å². The van der Waals surface area contributed by atoms with Crippen LogP contribution in [-0.2, 0) is 6.54 Å². The van der Waals surface area contributed by atoms with E-state index in [4.69, 9.17) is 0 Å². The number of rotatable bonds is 4. The molecule has 1 aromatic carbocycles. The van der Waals surface area contributed by atoms with E-state index in [1.54, 1.807) is 0 Å². The molecule has 0 bridgehead atoms. The Labute approximate surface area is 175 Å². The van der Waals surface area contributed by atoms with Crippen molar-refractivity contribution < 1.29 is 4.79 Å². The van der Waals surface area contributed by atoms with Crippen molar-refractivity contribution in [2.75, 3.05) is 43.0 Å². The van der Waals surface area contributed by atoms with E-state index in [1.807, 2.05) is 53.0 Å². The van der Waals surface area contributed by atoms with Gasteiger partial charge in [0.05, 0.1) is 4.58 Å². The van der Waals surface area contributed by atoms with Crippen LogP contribution in [0.5, 0.6) is 0 Å². The number of thioether (sulfide) groups is 2. The fourth-order valence-corrected chi connectivity index (χ4v) is 6.37. The number of amides is 2. The molecule has 2 aromatic rings. The SMILES string of the molecule is O=C(Nc1cccc(C2SCCCS2)c1)N1CCN(Cc2ccncc2)CC1. The molecule has 0 radical (unpaired) electrons. The van der Waals surface area contributed by atoms with Crippen LogP contribution in [0.4, 0.5) is 10.5 Å². The third-order valence-corrected chi connectivity index (χ3v) is 8.07. The van der Waals surface area contributed by atoms with Crippen molar-refractivity contribution in [3.05, 3.63) is 59.9 Å². The largest absolute Gasteiger partial charge is 0.322 e. The second kappa shape index (κ2) is 9.67. The third kappa shape index (κ3) is 5.21. The number of hydrogen-bond donors (Lipinski definition) is 1. The van der Waals surface area contributed by atoms with Gasteiger partial charge in [0.15, 0.2) is 0 Å². The third-order valence-electron chi connectivity index (χ3n) is 5.05. The highest BCUT2D eigenvalue weighted by molar-refractivity contribution is 8.16. The first-order valence-corrected chi connectivity index (χ1v) is 11.9. The molecule has 0 spiro atoms. The minimum Gasteiger partial charge on any atom is -0.322 e. The highest BCUT2D eigenvalue weighted by Gasteiger charge is 2.22. The predicted molar refractivity (Wildman–Crippen MR) is 119 cm³/mol. The Morgan fingerprint density at radius 3 is 2.57 bits per heavy atom. The van der Waals surface area contributed by atoms with Crippen molar-refractivity contribution in [2.45, 2.75) is 17.5 Å². The van der Waals surface area contributed by atoms with Crippen molar-refractivity contribution in [3.63, 3.8) is 0 Å². The number of aromatic nitrogens is 1. The topological polar surface area (TPSA) is 48.5 Å². The fraction of sp³-hybridized carbons (Fsp3) is 0.429. The summed E-state index contributed by atoms with van der Waals surface area (Å²) in [4.78, 5) is 21.1. The molecule has 7 heteroatoms. The maximum absolute atomic E-state index is 12.7. The summed E-state index contributed by atoms with van der Waals surface area (Å²) < 4.78 is 0.488. The van der Waals surface area contributed by atoms with Crippen molar-refractivity contribution in [2.24, 2.45) is 0 Å². The van der Waals surface area contributed by atoms with Crippen molar-refractivity contribution in [1.29, 1.82) is 0 Å². The number of nitrogens with one attached hydrogen (secondary N) is 1. The highest BCUT2D eigenvalue weighted by Crippen LogP contribution is 2.44. The lowest BCUT2D eigenvalue weighted by Crippen LogP contribution is -2.49. The van der Waals surface area contributed by atoms with Gasteiger partial charge >= 0.3 is 6.03 Å². The molecule has 4 rings (SSSR count). The van der Waals surface area contributed by atoms with Gasteiger partial charge in [-0.05, 0) is 53.3 Å². The zero-order chi connectivity index (χ0) is 19.2. The Balaban J connectivity index is 1.29. The summed E-state index contributed by atoms with van der Waals surface area (Å²) in [6, 6.07) is 12.4. The van der Waals surface area contributed by atoms with E-state index in [0.717, 1.165) is 38.4 Å². The molecule has 5 nitrogen and oxygen atoms in total. The van der Waals surface area contributed by atoms with E-state index in [-0.39, 0.29) is 6.03 Å². The second-order valence-electron chi connectivity index (χ2n) is 7.10. The van der Waals surface area contributed by atoms with E-state index in [1.165, 1.54) is 29.1 Å². The Kier molecular flexibility index (Phi) is 6.77. The minimum absolute atomic E-state index is 0.00432. The summed E-state index contributed by atoms with van der Waals surface area (Å²) in [6.45, 7) is 4.21. The smallest absolute Gasteiger partial charge is 0.321 e. The number of carbonyl (C=O) groups is 1. The standard InChI is InChI=1S/C21H26N4OS2/c26-21(23-19-4-1-3-18(15-19)20-27-13-2-14-28-20)25-11-9-24(10-12-25)16-17-5-7-22-8-6-17/h1,3-8,15,20H,2,9-14,16H2,(H,23,26). The molecule has 148 valence electrons.